The van der Waals surface area contributed by atoms with Gasteiger partial charge in [0.25, 0.3) is 0 Å². The molecule has 7 aliphatic rings. The van der Waals surface area contributed by atoms with E-state index in [1.165, 1.54) is 17.8 Å². The molecule has 12 unspecified atom stereocenters. The summed E-state index contributed by atoms with van der Waals surface area (Å²) in [6, 6.07) is 0. The highest BCUT2D eigenvalue weighted by molar-refractivity contribution is 5.06. The summed E-state index contributed by atoms with van der Waals surface area (Å²) in [5, 5.41) is 0. The topological polar surface area (TPSA) is 0 Å². The van der Waals surface area contributed by atoms with Gasteiger partial charge in [0.05, 0.1) is 0 Å². The molecule has 0 radical (unpaired) electrons. The standard InChI is InChI=1S/C30H48.C2H6/c1-2-8-20-14-24-18-30-28(17-23(24)13-19(20)7-1)26-12-6-5-11-25(26)27-15-21-9-3-4-10-22(21)16-29(27)30;1-2/h19-30H,1-18H2;1-2H3. The summed E-state index contributed by atoms with van der Waals surface area (Å²) in [7, 11) is 0. The molecule has 0 aromatic heterocycles. The van der Waals surface area contributed by atoms with E-state index >= 15 is 0 Å². The molecular weight excluding hydrogens is 384 g/mol. The summed E-state index contributed by atoms with van der Waals surface area (Å²) in [5.41, 5.74) is 0. The first-order valence-electron chi connectivity index (χ1n) is 15.8. The van der Waals surface area contributed by atoms with Gasteiger partial charge in [0.1, 0.15) is 0 Å². The first-order chi connectivity index (χ1) is 15.8. The summed E-state index contributed by atoms with van der Waals surface area (Å²) >= 11 is 0. The van der Waals surface area contributed by atoms with Crippen molar-refractivity contribution in [2.45, 2.75) is 129 Å². The highest BCUT2D eigenvalue weighted by Gasteiger charge is 2.57. The van der Waals surface area contributed by atoms with Crippen molar-refractivity contribution in [3.8, 4) is 0 Å². The van der Waals surface area contributed by atoms with Crippen LogP contribution >= 0.6 is 0 Å². The lowest BCUT2D eigenvalue weighted by Crippen LogP contribution is -2.55. The van der Waals surface area contributed by atoms with Crippen LogP contribution in [0.1, 0.15) is 129 Å². The lowest BCUT2D eigenvalue weighted by Gasteiger charge is -2.62. The highest BCUT2D eigenvalue weighted by Crippen LogP contribution is 2.65. The molecule has 7 saturated carbocycles. The Morgan fingerprint density at radius 1 is 0.281 bits per heavy atom. The molecular formula is C32H54. The minimum absolute atomic E-state index is 1.15. The lowest BCUT2D eigenvalue weighted by molar-refractivity contribution is -0.133. The van der Waals surface area contributed by atoms with E-state index in [4.69, 9.17) is 0 Å². The second kappa shape index (κ2) is 9.57. The summed E-state index contributed by atoms with van der Waals surface area (Å²) in [6.07, 6.45) is 29.1. The second-order valence-electron chi connectivity index (χ2n) is 13.8. The lowest BCUT2D eigenvalue weighted by atomic mass is 9.43. The van der Waals surface area contributed by atoms with Gasteiger partial charge in [-0.3, -0.25) is 0 Å². The van der Waals surface area contributed by atoms with Gasteiger partial charge < -0.3 is 0 Å². The van der Waals surface area contributed by atoms with Gasteiger partial charge in [-0.25, -0.2) is 0 Å². The molecule has 0 spiro atoms. The molecule has 7 fully saturated rings. The van der Waals surface area contributed by atoms with Crippen LogP contribution in [0.15, 0.2) is 0 Å². The van der Waals surface area contributed by atoms with Gasteiger partial charge in [0.15, 0.2) is 0 Å². The monoisotopic (exact) mass is 438 g/mol. The Kier molecular flexibility index (Phi) is 6.72. The van der Waals surface area contributed by atoms with Crippen LogP contribution in [0.2, 0.25) is 0 Å². The van der Waals surface area contributed by atoms with Crippen molar-refractivity contribution in [3.05, 3.63) is 0 Å². The minimum atomic E-state index is 1.15. The molecule has 7 rings (SSSR count). The molecule has 0 aromatic rings. The van der Waals surface area contributed by atoms with Crippen LogP contribution in [0, 0.1) is 71.0 Å². The third kappa shape index (κ3) is 3.85. The molecule has 0 amide bonds. The van der Waals surface area contributed by atoms with Crippen molar-refractivity contribution in [1.82, 2.24) is 0 Å². The Bertz CT molecular complexity index is 622. The van der Waals surface area contributed by atoms with E-state index in [0.29, 0.717) is 0 Å². The zero-order valence-corrected chi connectivity index (χ0v) is 21.7. The first kappa shape index (κ1) is 22.5. The molecule has 12 atom stereocenters. The van der Waals surface area contributed by atoms with Crippen molar-refractivity contribution in [1.29, 1.82) is 0 Å². The molecule has 0 aromatic carbocycles. The molecule has 0 bridgehead atoms. The van der Waals surface area contributed by atoms with Crippen LogP contribution < -0.4 is 0 Å². The maximum absolute atomic E-state index is 2.00. The van der Waals surface area contributed by atoms with E-state index in [2.05, 4.69) is 0 Å². The number of fused-ring (bicyclic) bond motifs is 9. The van der Waals surface area contributed by atoms with Gasteiger partial charge >= 0.3 is 0 Å². The van der Waals surface area contributed by atoms with Gasteiger partial charge in [-0.1, -0.05) is 78.1 Å². The van der Waals surface area contributed by atoms with Crippen LogP contribution in [0.5, 0.6) is 0 Å². The molecule has 7 aliphatic carbocycles. The third-order valence-electron chi connectivity index (χ3n) is 12.9. The van der Waals surface area contributed by atoms with Crippen LogP contribution in [0.25, 0.3) is 0 Å². The van der Waals surface area contributed by atoms with E-state index < -0.39 is 0 Å². The predicted octanol–water partition coefficient (Wildman–Crippen LogP) is 9.52. The zero-order chi connectivity index (χ0) is 21.7. The summed E-state index contributed by atoms with van der Waals surface area (Å²) in [5.74, 6) is 13.9. The maximum Gasteiger partial charge on any atom is -0.0349 e. The van der Waals surface area contributed by atoms with Gasteiger partial charge in [0.2, 0.25) is 0 Å². The van der Waals surface area contributed by atoms with Gasteiger partial charge in [-0.15, -0.1) is 0 Å². The molecule has 0 N–H and O–H groups in total. The average molecular weight is 439 g/mol. The Labute approximate surface area is 200 Å². The van der Waals surface area contributed by atoms with Gasteiger partial charge in [-0.2, -0.15) is 0 Å². The number of hydrogen-bond acceptors (Lipinski definition) is 0. The summed E-state index contributed by atoms with van der Waals surface area (Å²) in [4.78, 5) is 0. The van der Waals surface area contributed by atoms with Crippen molar-refractivity contribution in [2.24, 2.45) is 71.0 Å². The van der Waals surface area contributed by atoms with Crippen LogP contribution in [0.3, 0.4) is 0 Å². The summed E-state index contributed by atoms with van der Waals surface area (Å²) < 4.78 is 0. The zero-order valence-electron chi connectivity index (χ0n) is 21.7. The number of hydrogen-bond donors (Lipinski definition) is 0. The Morgan fingerprint density at radius 3 is 0.969 bits per heavy atom. The van der Waals surface area contributed by atoms with E-state index in [-0.39, 0.29) is 0 Å². The second-order valence-corrected chi connectivity index (χ2v) is 13.8. The van der Waals surface area contributed by atoms with Gasteiger partial charge in [0, 0.05) is 0 Å². The Morgan fingerprint density at radius 2 is 0.562 bits per heavy atom. The highest BCUT2D eigenvalue weighted by atomic mass is 14.6. The van der Waals surface area contributed by atoms with E-state index in [1.54, 1.807) is 116 Å². The molecule has 0 heteroatoms. The Hall–Kier alpha value is 0. The Balaban J connectivity index is 0.000000953. The van der Waals surface area contributed by atoms with Gasteiger partial charge in [-0.05, 0) is 122 Å². The SMILES string of the molecule is C1CCC2CC3CC4C(CC3CC2C1)C1CCCCC1C1CC2CCCCC2CC14.CC. The molecule has 0 heterocycles. The molecule has 0 nitrogen and oxygen atoms in total. The largest absolute Gasteiger partial charge is 0.0683 e. The minimum Gasteiger partial charge on any atom is -0.0683 e. The smallest absolute Gasteiger partial charge is 0.0349 e. The van der Waals surface area contributed by atoms with E-state index in [0.717, 1.165) is 53.3 Å². The third-order valence-corrected chi connectivity index (χ3v) is 12.9. The maximum atomic E-state index is 2.00. The quantitative estimate of drug-likeness (QED) is 0.353. The fourth-order valence-electron chi connectivity index (χ4n) is 11.9. The molecule has 0 saturated heterocycles. The molecule has 182 valence electrons. The van der Waals surface area contributed by atoms with Crippen molar-refractivity contribution in [2.75, 3.05) is 0 Å². The van der Waals surface area contributed by atoms with Crippen LogP contribution in [0.4, 0.5) is 0 Å². The molecule has 0 aliphatic heterocycles. The molecule has 32 heavy (non-hydrogen) atoms. The van der Waals surface area contributed by atoms with Crippen molar-refractivity contribution in [3.63, 3.8) is 0 Å². The van der Waals surface area contributed by atoms with E-state index in [9.17, 15) is 0 Å². The predicted molar refractivity (Wildman–Crippen MR) is 136 cm³/mol. The number of rotatable bonds is 0. The van der Waals surface area contributed by atoms with Crippen molar-refractivity contribution < 1.29 is 0 Å². The fourth-order valence-corrected chi connectivity index (χ4v) is 11.9. The summed E-state index contributed by atoms with van der Waals surface area (Å²) in [6.45, 7) is 4.00. The van der Waals surface area contributed by atoms with Crippen molar-refractivity contribution >= 4 is 0 Å². The first-order valence-corrected chi connectivity index (χ1v) is 15.8. The fraction of sp³-hybridized carbons (Fsp3) is 1.00. The van der Waals surface area contributed by atoms with E-state index in [1.807, 2.05) is 13.8 Å². The van der Waals surface area contributed by atoms with Crippen LogP contribution in [-0.2, 0) is 0 Å². The average Bonchev–Trinajstić information content (AvgIpc) is 2.87. The normalized spacial score (nSPS) is 54.2. The van der Waals surface area contributed by atoms with Crippen LogP contribution in [-0.4, -0.2) is 0 Å².